The Kier molecular flexibility index (Phi) is 8.42. The fourth-order valence-electron chi connectivity index (χ4n) is 1.87. The van der Waals surface area contributed by atoms with Gasteiger partial charge in [0.15, 0.2) is 0 Å². The summed E-state index contributed by atoms with van der Waals surface area (Å²) in [4.78, 5) is 24.3. The van der Waals surface area contributed by atoms with Gasteiger partial charge in [-0.3, -0.25) is 4.79 Å². The number of amides is 2. The van der Waals surface area contributed by atoms with Crippen molar-refractivity contribution in [2.75, 3.05) is 12.0 Å². The van der Waals surface area contributed by atoms with Crippen molar-refractivity contribution in [3.05, 3.63) is 34.9 Å². The fourth-order valence-corrected chi connectivity index (χ4v) is 2.47. The molecule has 5 nitrogen and oxygen atoms in total. The number of ether oxygens (including phenoxy) is 1. The van der Waals surface area contributed by atoms with Gasteiger partial charge in [0, 0.05) is 11.6 Å². The molecular formula is C17H25ClN2O3S. The van der Waals surface area contributed by atoms with Crippen LogP contribution in [0.3, 0.4) is 0 Å². The van der Waals surface area contributed by atoms with Gasteiger partial charge in [0.25, 0.3) is 0 Å². The molecule has 0 saturated carbocycles. The van der Waals surface area contributed by atoms with Crippen LogP contribution in [0.25, 0.3) is 0 Å². The lowest BCUT2D eigenvalue weighted by Gasteiger charge is -2.23. The Balaban J connectivity index is 2.60. The minimum atomic E-state index is -0.625. The number of thioether (sulfide) groups is 1. The van der Waals surface area contributed by atoms with Crippen molar-refractivity contribution in [2.45, 2.75) is 45.4 Å². The molecule has 0 fully saturated rings. The molecule has 0 radical (unpaired) electrons. The molecule has 0 aliphatic rings. The van der Waals surface area contributed by atoms with Crippen molar-refractivity contribution in [2.24, 2.45) is 0 Å². The van der Waals surface area contributed by atoms with Crippen LogP contribution in [0.1, 0.15) is 32.8 Å². The van der Waals surface area contributed by atoms with Crippen LogP contribution < -0.4 is 10.6 Å². The lowest BCUT2D eigenvalue weighted by molar-refractivity contribution is -0.123. The number of benzene rings is 1. The zero-order chi connectivity index (χ0) is 18.2. The summed E-state index contributed by atoms with van der Waals surface area (Å²) in [5.41, 5.74) is 0.335. The first-order valence-corrected chi connectivity index (χ1v) is 9.49. The standard InChI is InChI=1S/C17H25ClN2O3S/c1-17(2,3)23-16(22)20-14(9-10-24-4)15(21)19-11-12-5-7-13(18)8-6-12/h5-8,14H,9-11H2,1-4H3,(H,19,21)(H,20,22)/t14-/m0/s1. The van der Waals surface area contributed by atoms with Crippen molar-refractivity contribution in [3.63, 3.8) is 0 Å². The molecular weight excluding hydrogens is 348 g/mol. The number of alkyl carbamates (subject to hydrolysis) is 1. The summed E-state index contributed by atoms with van der Waals surface area (Å²) in [6.07, 6.45) is 1.90. The molecule has 1 aromatic rings. The van der Waals surface area contributed by atoms with Gasteiger partial charge in [0.05, 0.1) is 0 Å². The van der Waals surface area contributed by atoms with Gasteiger partial charge in [0.1, 0.15) is 11.6 Å². The van der Waals surface area contributed by atoms with E-state index in [9.17, 15) is 9.59 Å². The predicted octanol–water partition coefficient (Wildman–Crippen LogP) is 3.60. The minimum Gasteiger partial charge on any atom is -0.444 e. The lowest BCUT2D eigenvalue weighted by Crippen LogP contribution is -2.48. The molecule has 7 heteroatoms. The number of hydrogen-bond acceptors (Lipinski definition) is 4. The normalized spacial score (nSPS) is 12.4. The summed E-state index contributed by atoms with van der Waals surface area (Å²) in [6, 6.07) is 6.61. The van der Waals surface area contributed by atoms with Crippen LogP contribution in [-0.2, 0) is 16.1 Å². The third-order valence-corrected chi connectivity index (χ3v) is 3.89. The van der Waals surface area contributed by atoms with Crippen LogP contribution in [0.2, 0.25) is 5.02 Å². The van der Waals surface area contributed by atoms with Crippen molar-refractivity contribution >= 4 is 35.4 Å². The molecule has 1 rings (SSSR count). The second-order valence-corrected chi connectivity index (χ2v) is 7.75. The predicted molar refractivity (Wildman–Crippen MR) is 99.5 cm³/mol. The average molecular weight is 373 g/mol. The van der Waals surface area contributed by atoms with E-state index in [0.29, 0.717) is 18.0 Å². The zero-order valence-electron chi connectivity index (χ0n) is 14.5. The largest absolute Gasteiger partial charge is 0.444 e. The second-order valence-electron chi connectivity index (χ2n) is 6.32. The van der Waals surface area contributed by atoms with E-state index in [1.807, 2.05) is 18.4 Å². The van der Waals surface area contributed by atoms with Crippen LogP contribution in [0, 0.1) is 0 Å². The summed E-state index contributed by atoms with van der Waals surface area (Å²) in [6.45, 7) is 5.72. The third-order valence-electron chi connectivity index (χ3n) is 3.00. The zero-order valence-corrected chi connectivity index (χ0v) is 16.1. The molecule has 1 aromatic carbocycles. The van der Waals surface area contributed by atoms with Gasteiger partial charge in [-0.15, -0.1) is 0 Å². The Bertz CT molecular complexity index is 544. The molecule has 134 valence electrons. The summed E-state index contributed by atoms with van der Waals surface area (Å²) in [7, 11) is 0. The van der Waals surface area contributed by atoms with Crippen LogP contribution >= 0.6 is 23.4 Å². The van der Waals surface area contributed by atoms with E-state index in [2.05, 4.69) is 10.6 Å². The van der Waals surface area contributed by atoms with Crippen LogP contribution in [0.15, 0.2) is 24.3 Å². The van der Waals surface area contributed by atoms with E-state index >= 15 is 0 Å². The summed E-state index contributed by atoms with van der Waals surface area (Å²) < 4.78 is 5.22. The van der Waals surface area contributed by atoms with Crippen LogP contribution in [-0.4, -0.2) is 35.7 Å². The molecule has 2 amide bonds. The highest BCUT2D eigenvalue weighted by Gasteiger charge is 2.23. The molecule has 0 aromatic heterocycles. The number of carbonyl (C=O) groups excluding carboxylic acids is 2. The number of halogens is 1. The van der Waals surface area contributed by atoms with Gasteiger partial charge < -0.3 is 15.4 Å². The maximum Gasteiger partial charge on any atom is 0.408 e. The molecule has 0 heterocycles. The highest BCUT2D eigenvalue weighted by atomic mass is 35.5. The Morgan fingerprint density at radius 1 is 1.25 bits per heavy atom. The number of nitrogens with one attached hydrogen (secondary N) is 2. The van der Waals surface area contributed by atoms with E-state index in [-0.39, 0.29) is 5.91 Å². The first-order valence-electron chi connectivity index (χ1n) is 7.72. The Morgan fingerprint density at radius 2 is 1.88 bits per heavy atom. The number of carbonyl (C=O) groups is 2. The highest BCUT2D eigenvalue weighted by molar-refractivity contribution is 7.98. The van der Waals surface area contributed by atoms with Crippen LogP contribution in [0.4, 0.5) is 4.79 Å². The van der Waals surface area contributed by atoms with Gasteiger partial charge in [-0.2, -0.15) is 11.8 Å². The quantitative estimate of drug-likeness (QED) is 0.767. The SMILES string of the molecule is CSCC[C@H](NC(=O)OC(C)(C)C)C(=O)NCc1ccc(Cl)cc1. The molecule has 0 unspecified atom stereocenters. The molecule has 0 aliphatic heterocycles. The maximum atomic E-state index is 12.4. The molecule has 0 aliphatic carbocycles. The molecule has 0 spiro atoms. The van der Waals surface area contributed by atoms with Crippen molar-refractivity contribution < 1.29 is 14.3 Å². The summed E-state index contributed by atoms with van der Waals surface area (Å²) in [5.74, 6) is 0.527. The van der Waals surface area contributed by atoms with E-state index in [1.54, 1.807) is 44.7 Å². The third kappa shape index (κ3) is 8.45. The highest BCUT2D eigenvalue weighted by Crippen LogP contribution is 2.10. The number of rotatable bonds is 7. The van der Waals surface area contributed by atoms with Gasteiger partial charge >= 0.3 is 6.09 Å². The molecule has 0 bridgehead atoms. The molecule has 1 atom stereocenters. The number of hydrogen-bond donors (Lipinski definition) is 2. The van der Waals surface area contributed by atoms with Gasteiger partial charge in [-0.25, -0.2) is 4.79 Å². The monoisotopic (exact) mass is 372 g/mol. The van der Waals surface area contributed by atoms with Gasteiger partial charge in [-0.1, -0.05) is 23.7 Å². The summed E-state index contributed by atoms with van der Waals surface area (Å²) >= 11 is 7.46. The van der Waals surface area contributed by atoms with Gasteiger partial charge in [-0.05, 0) is 56.9 Å². The molecule has 24 heavy (non-hydrogen) atoms. The fraction of sp³-hybridized carbons (Fsp3) is 0.529. The maximum absolute atomic E-state index is 12.4. The van der Waals surface area contributed by atoms with E-state index in [4.69, 9.17) is 16.3 Å². The van der Waals surface area contributed by atoms with E-state index < -0.39 is 17.7 Å². The molecule has 2 N–H and O–H groups in total. The Labute approximate surface area is 152 Å². The second kappa shape index (κ2) is 9.79. The van der Waals surface area contributed by atoms with E-state index in [0.717, 1.165) is 11.3 Å². The van der Waals surface area contributed by atoms with Crippen molar-refractivity contribution in [1.82, 2.24) is 10.6 Å². The van der Waals surface area contributed by atoms with Gasteiger partial charge in [0.2, 0.25) is 5.91 Å². The first kappa shape index (κ1) is 20.6. The Morgan fingerprint density at radius 3 is 2.42 bits per heavy atom. The smallest absolute Gasteiger partial charge is 0.408 e. The summed E-state index contributed by atoms with van der Waals surface area (Å²) in [5, 5.41) is 6.13. The Hall–Kier alpha value is -1.40. The van der Waals surface area contributed by atoms with Crippen molar-refractivity contribution in [1.29, 1.82) is 0 Å². The van der Waals surface area contributed by atoms with E-state index in [1.165, 1.54) is 0 Å². The van der Waals surface area contributed by atoms with Crippen molar-refractivity contribution in [3.8, 4) is 0 Å². The lowest BCUT2D eigenvalue weighted by atomic mass is 10.2. The first-order chi connectivity index (χ1) is 11.2. The minimum absolute atomic E-state index is 0.232. The molecule has 0 saturated heterocycles. The van der Waals surface area contributed by atoms with Crippen LogP contribution in [0.5, 0.6) is 0 Å². The topological polar surface area (TPSA) is 67.4 Å². The average Bonchev–Trinajstić information content (AvgIpc) is 2.48.